The molecule has 0 radical (unpaired) electrons. The highest BCUT2D eigenvalue weighted by Crippen LogP contribution is 2.16. The van der Waals surface area contributed by atoms with Gasteiger partial charge in [-0.2, -0.15) is 8.42 Å². The number of amides is 1. The van der Waals surface area contributed by atoms with Crippen molar-refractivity contribution in [3.8, 4) is 0 Å². The van der Waals surface area contributed by atoms with E-state index in [0.29, 0.717) is 17.5 Å². The number of aryl methyl sites for hydroxylation is 1. The zero-order chi connectivity index (χ0) is 16.2. The highest BCUT2D eigenvalue weighted by Gasteiger charge is 2.17. The Bertz CT molecular complexity index is 653. The summed E-state index contributed by atoms with van der Waals surface area (Å²) in [4.78, 5) is 23.7. The van der Waals surface area contributed by atoms with E-state index in [4.69, 9.17) is 9.66 Å². The summed E-state index contributed by atoms with van der Waals surface area (Å²) in [7, 11) is -2.76. The lowest BCUT2D eigenvalue weighted by Crippen LogP contribution is -2.28. The molecule has 0 unspecified atom stereocenters. The summed E-state index contributed by atoms with van der Waals surface area (Å²) in [5.74, 6) is -1.26. The van der Waals surface area contributed by atoms with Gasteiger partial charge in [-0.05, 0) is 37.1 Å². The molecule has 0 fully saturated rings. The smallest absolute Gasteiger partial charge is 0.303 e. The zero-order valence-corrected chi connectivity index (χ0v) is 12.6. The number of carbonyl (C=O) groups is 2. The van der Waals surface area contributed by atoms with Crippen LogP contribution in [0.15, 0.2) is 23.1 Å². The Hall–Kier alpha value is -1.93. The summed E-state index contributed by atoms with van der Waals surface area (Å²) in [6, 6.07) is 3.70. The fourth-order valence-corrected chi connectivity index (χ4v) is 2.38. The molecule has 2 N–H and O–H groups in total. The van der Waals surface area contributed by atoms with Crippen molar-refractivity contribution in [3.05, 3.63) is 29.3 Å². The summed E-state index contributed by atoms with van der Waals surface area (Å²) in [5, 5.41) is 8.55. The predicted molar refractivity (Wildman–Crippen MR) is 74.8 cm³/mol. The maximum atomic E-state index is 12.2. The van der Waals surface area contributed by atoms with Gasteiger partial charge in [-0.15, -0.1) is 0 Å². The van der Waals surface area contributed by atoms with Crippen LogP contribution < -0.4 is 0 Å². The number of rotatable bonds is 6. The van der Waals surface area contributed by atoms with E-state index in [1.165, 1.54) is 17.0 Å². The Balaban J connectivity index is 2.85. The Morgan fingerprint density at radius 2 is 1.90 bits per heavy atom. The lowest BCUT2D eigenvalue weighted by Gasteiger charge is -2.18. The topological polar surface area (TPSA) is 112 Å². The number of nitrogens with zero attached hydrogens (tertiary/aromatic N) is 1. The number of carbonyl (C=O) groups excluding carboxylic acids is 1. The molecular weight excluding hydrogens is 298 g/mol. The van der Waals surface area contributed by atoms with Gasteiger partial charge in [-0.25, -0.2) is 0 Å². The molecule has 0 saturated heterocycles. The van der Waals surface area contributed by atoms with Crippen LogP contribution in [0, 0.1) is 6.92 Å². The number of benzene rings is 1. The van der Waals surface area contributed by atoms with E-state index in [9.17, 15) is 18.0 Å². The van der Waals surface area contributed by atoms with Crippen molar-refractivity contribution in [1.29, 1.82) is 0 Å². The number of carboxylic acids is 1. The third-order valence-corrected chi connectivity index (χ3v) is 3.81. The second kappa shape index (κ2) is 6.68. The summed E-state index contributed by atoms with van der Waals surface area (Å²) >= 11 is 0. The lowest BCUT2D eigenvalue weighted by molar-refractivity contribution is -0.137. The van der Waals surface area contributed by atoms with Crippen LogP contribution in [0.4, 0.5) is 0 Å². The van der Waals surface area contributed by atoms with Crippen LogP contribution in [0.25, 0.3) is 0 Å². The van der Waals surface area contributed by atoms with Gasteiger partial charge in [-0.3, -0.25) is 14.1 Å². The van der Waals surface area contributed by atoms with Crippen molar-refractivity contribution < 1.29 is 27.7 Å². The first-order valence-electron chi connectivity index (χ1n) is 6.18. The Morgan fingerprint density at radius 3 is 2.38 bits per heavy atom. The quantitative estimate of drug-likeness (QED) is 0.762. The van der Waals surface area contributed by atoms with Gasteiger partial charge >= 0.3 is 5.97 Å². The predicted octanol–water partition coefficient (Wildman–Crippen LogP) is 1.18. The second-order valence-electron chi connectivity index (χ2n) is 4.68. The third-order valence-electron chi connectivity index (χ3n) is 2.96. The maximum Gasteiger partial charge on any atom is 0.303 e. The molecular formula is C13H17NO6S. The number of hydrogen-bond donors (Lipinski definition) is 2. The summed E-state index contributed by atoms with van der Waals surface area (Å²) in [6.45, 7) is 1.84. The number of carboxylic acid groups (broad SMARTS) is 1. The molecule has 0 atom stereocenters. The summed E-state index contributed by atoms with van der Waals surface area (Å²) < 4.78 is 31.0. The average molecular weight is 315 g/mol. The molecule has 0 heterocycles. The number of aliphatic carboxylic acids is 1. The summed E-state index contributed by atoms with van der Waals surface area (Å²) in [6.07, 6.45) is 0.304. The van der Waals surface area contributed by atoms with Crippen LogP contribution in [0.1, 0.15) is 28.8 Å². The molecule has 0 aliphatic rings. The molecule has 0 aromatic heterocycles. The van der Waals surface area contributed by atoms with E-state index in [1.54, 1.807) is 14.0 Å². The lowest BCUT2D eigenvalue weighted by atomic mass is 10.1. The van der Waals surface area contributed by atoms with Gasteiger partial charge in [0.2, 0.25) is 0 Å². The Kier molecular flexibility index (Phi) is 5.45. The molecule has 116 valence electrons. The minimum absolute atomic E-state index is 0.0295. The molecule has 1 rings (SSSR count). The van der Waals surface area contributed by atoms with Gasteiger partial charge in [-0.1, -0.05) is 0 Å². The summed E-state index contributed by atoms with van der Waals surface area (Å²) in [5.41, 5.74) is 0.723. The largest absolute Gasteiger partial charge is 0.481 e. The average Bonchev–Trinajstić information content (AvgIpc) is 2.36. The maximum absolute atomic E-state index is 12.2. The van der Waals surface area contributed by atoms with Gasteiger partial charge in [0.05, 0.1) is 4.90 Å². The van der Waals surface area contributed by atoms with E-state index in [-0.39, 0.29) is 23.8 Å². The van der Waals surface area contributed by atoms with Gasteiger partial charge in [0.25, 0.3) is 16.0 Å². The van der Waals surface area contributed by atoms with Gasteiger partial charge in [0.1, 0.15) is 0 Å². The first kappa shape index (κ1) is 17.1. The van der Waals surface area contributed by atoms with Crippen molar-refractivity contribution in [2.45, 2.75) is 24.7 Å². The third kappa shape index (κ3) is 4.83. The van der Waals surface area contributed by atoms with Crippen LogP contribution >= 0.6 is 0 Å². The molecule has 7 nitrogen and oxygen atoms in total. The van der Waals surface area contributed by atoms with Gasteiger partial charge < -0.3 is 10.0 Å². The number of hydrogen-bond acceptors (Lipinski definition) is 4. The first-order valence-corrected chi connectivity index (χ1v) is 7.62. The molecule has 0 aliphatic carbocycles. The van der Waals surface area contributed by atoms with E-state index >= 15 is 0 Å². The van der Waals surface area contributed by atoms with Crippen LogP contribution in [0.5, 0.6) is 0 Å². The molecule has 0 bridgehead atoms. The van der Waals surface area contributed by atoms with Crippen LogP contribution in [-0.4, -0.2) is 48.4 Å². The van der Waals surface area contributed by atoms with E-state index in [1.807, 2.05) is 0 Å². The van der Waals surface area contributed by atoms with Crippen LogP contribution in [-0.2, 0) is 14.9 Å². The van der Waals surface area contributed by atoms with E-state index in [0.717, 1.165) is 6.07 Å². The molecule has 8 heteroatoms. The monoisotopic (exact) mass is 315 g/mol. The van der Waals surface area contributed by atoms with Crippen LogP contribution in [0.2, 0.25) is 0 Å². The van der Waals surface area contributed by atoms with Crippen molar-refractivity contribution in [1.82, 2.24) is 4.90 Å². The molecule has 0 aliphatic heterocycles. The van der Waals surface area contributed by atoms with Crippen molar-refractivity contribution in [2.24, 2.45) is 0 Å². The molecule has 1 amide bonds. The minimum atomic E-state index is -4.30. The minimum Gasteiger partial charge on any atom is -0.481 e. The van der Waals surface area contributed by atoms with Crippen molar-refractivity contribution in [3.63, 3.8) is 0 Å². The van der Waals surface area contributed by atoms with E-state index < -0.39 is 16.1 Å². The van der Waals surface area contributed by atoms with Crippen molar-refractivity contribution >= 4 is 22.0 Å². The fraction of sp³-hybridized carbons (Fsp3) is 0.385. The molecule has 1 aromatic carbocycles. The SMILES string of the molecule is Cc1cc(S(=O)(=O)O)ccc1C(=O)N(C)CCCC(=O)O. The normalized spacial score (nSPS) is 11.2. The standard InChI is InChI=1S/C13H17NO6S/c1-9-8-10(21(18,19)20)5-6-11(9)13(17)14(2)7-3-4-12(15)16/h5-6,8H,3-4,7H2,1-2H3,(H,15,16)(H,18,19,20). The van der Waals surface area contributed by atoms with Crippen molar-refractivity contribution in [2.75, 3.05) is 13.6 Å². The molecule has 0 spiro atoms. The highest BCUT2D eigenvalue weighted by atomic mass is 32.2. The fourth-order valence-electron chi connectivity index (χ4n) is 1.81. The van der Waals surface area contributed by atoms with Crippen LogP contribution in [0.3, 0.4) is 0 Å². The Morgan fingerprint density at radius 1 is 1.29 bits per heavy atom. The van der Waals surface area contributed by atoms with E-state index in [2.05, 4.69) is 0 Å². The van der Waals surface area contributed by atoms with Gasteiger partial charge in [0, 0.05) is 25.6 Å². The molecule has 21 heavy (non-hydrogen) atoms. The zero-order valence-electron chi connectivity index (χ0n) is 11.7. The van der Waals surface area contributed by atoms with Gasteiger partial charge in [0.15, 0.2) is 0 Å². The highest BCUT2D eigenvalue weighted by molar-refractivity contribution is 7.85. The first-order chi connectivity index (χ1) is 9.62. The molecule has 1 aromatic rings. The Labute approximate surface area is 122 Å². The molecule has 0 saturated carbocycles. The second-order valence-corrected chi connectivity index (χ2v) is 6.10.